The molecule has 19 heavy (non-hydrogen) atoms. The molecular weight excluding hydrogens is 232 g/mol. The average Bonchev–Trinajstić information content (AvgIpc) is 3.18. The van der Waals surface area contributed by atoms with Crippen molar-refractivity contribution in [1.82, 2.24) is 10.2 Å². The predicted octanol–water partition coefficient (Wildman–Crippen LogP) is 3.66. The molecule has 0 amide bonds. The van der Waals surface area contributed by atoms with Crippen LogP contribution >= 0.6 is 0 Å². The summed E-state index contributed by atoms with van der Waals surface area (Å²) in [5.74, 6) is 1.74. The second-order valence-corrected chi connectivity index (χ2v) is 7.07. The van der Waals surface area contributed by atoms with Crippen LogP contribution in [-0.2, 0) is 0 Å². The first kappa shape index (κ1) is 15.3. The standard InChI is InChI=1S/C17H34N2/c1-5-9-18-16-12-13(3)11-14(4)17(16)19(10-6-2)15-7-8-15/h13-18H,5-12H2,1-4H3. The predicted molar refractivity (Wildman–Crippen MR) is 83.5 cm³/mol. The van der Waals surface area contributed by atoms with Gasteiger partial charge in [-0.25, -0.2) is 0 Å². The number of hydrogen-bond acceptors (Lipinski definition) is 2. The van der Waals surface area contributed by atoms with E-state index in [1.165, 1.54) is 51.6 Å². The Morgan fingerprint density at radius 2 is 1.79 bits per heavy atom. The molecule has 0 aliphatic heterocycles. The van der Waals surface area contributed by atoms with Crippen LogP contribution in [0.2, 0.25) is 0 Å². The molecule has 4 atom stereocenters. The minimum Gasteiger partial charge on any atom is -0.312 e. The molecular formula is C17H34N2. The van der Waals surface area contributed by atoms with Crippen LogP contribution in [0.1, 0.15) is 66.2 Å². The van der Waals surface area contributed by atoms with Crippen LogP contribution in [-0.4, -0.2) is 36.1 Å². The van der Waals surface area contributed by atoms with Gasteiger partial charge in [-0.2, -0.15) is 0 Å². The Balaban J connectivity index is 2.06. The van der Waals surface area contributed by atoms with E-state index in [0.29, 0.717) is 0 Å². The maximum absolute atomic E-state index is 3.86. The van der Waals surface area contributed by atoms with Gasteiger partial charge in [0.15, 0.2) is 0 Å². The van der Waals surface area contributed by atoms with E-state index < -0.39 is 0 Å². The molecule has 0 spiro atoms. The van der Waals surface area contributed by atoms with Gasteiger partial charge in [-0.15, -0.1) is 0 Å². The minimum absolute atomic E-state index is 0.728. The van der Waals surface area contributed by atoms with Gasteiger partial charge < -0.3 is 5.32 Å². The van der Waals surface area contributed by atoms with Crippen LogP contribution in [0.4, 0.5) is 0 Å². The zero-order valence-corrected chi connectivity index (χ0v) is 13.5. The fraction of sp³-hybridized carbons (Fsp3) is 1.00. The monoisotopic (exact) mass is 266 g/mol. The van der Waals surface area contributed by atoms with Crippen LogP contribution in [0, 0.1) is 11.8 Å². The molecule has 2 aliphatic rings. The van der Waals surface area contributed by atoms with E-state index in [1.807, 2.05) is 0 Å². The van der Waals surface area contributed by atoms with Gasteiger partial charge in [0.05, 0.1) is 0 Å². The molecule has 0 aromatic rings. The summed E-state index contributed by atoms with van der Waals surface area (Å²) in [6.45, 7) is 12.0. The largest absolute Gasteiger partial charge is 0.312 e. The summed E-state index contributed by atoms with van der Waals surface area (Å²) in [7, 11) is 0. The topological polar surface area (TPSA) is 15.3 Å². The Labute approximate surface area is 120 Å². The Bertz CT molecular complexity index is 262. The van der Waals surface area contributed by atoms with Crippen LogP contribution < -0.4 is 5.32 Å². The van der Waals surface area contributed by atoms with Crippen molar-refractivity contribution in [1.29, 1.82) is 0 Å². The van der Waals surface area contributed by atoms with Gasteiger partial charge >= 0.3 is 0 Å². The van der Waals surface area contributed by atoms with Crippen molar-refractivity contribution in [3.63, 3.8) is 0 Å². The lowest BCUT2D eigenvalue weighted by atomic mass is 9.75. The lowest BCUT2D eigenvalue weighted by Crippen LogP contribution is -2.57. The third kappa shape index (κ3) is 3.95. The molecule has 2 nitrogen and oxygen atoms in total. The second kappa shape index (κ2) is 7.08. The summed E-state index contributed by atoms with van der Waals surface area (Å²) >= 11 is 0. The molecule has 1 N–H and O–H groups in total. The Kier molecular flexibility index (Phi) is 5.70. The van der Waals surface area contributed by atoms with Crippen LogP contribution in [0.25, 0.3) is 0 Å². The Morgan fingerprint density at radius 3 is 2.37 bits per heavy atom. The summed E-state index contributed by atoms with van der Waals surface area (Å²) in [5, 5.41) is 3.86. The van der Waals surface area contributed by atoms with E-state index in [-0.39, 0.29) is 0 Å². The van der Waals surface area contributed by atoms with Gasteiger partial charge in [-0.3, -0.25) is 4.90 Å². The number of nitrogens with zero attached hydrogens (tertiary/aromatic N) is 1. The smallest absolute Gasteiger partial charge is 0.0278 e. The van der Waals surface area contributed by atoms with Crippen molar-refractivity contribution >= 4 is 0 Å². The van der Waals surface area contributed by atoms with E-state index in [2.05, 4.69) is 37.9 Å². The molecule has 0 aromatic carbocycles. The van der Waals surface area contributed by atoms with E-state index in [4.69, 9.17) is 0 Å². The van der Waals surface area contributed by atoms with Crippen molar-refractivity contribution in [3.8, 4) is 0 Å². The molecule has 2 aliphatic carbocycles. The molecule has 0 bridgehead atoms. The summed E-state index contributed by atoms with van der Waals surface area (Å²) in [5.41, 5.74) is 0. The van der Waals surface area contributed by atoms with Crippen LogP contribution in [0.3, 0.4) is 0 Å². The first-order valence-corrected chi connectivity index (χ1v) is 8.66. The van der Waals surface area contributed by atoms with Crippen molar-refractivity contribution in [2.75, 3.05) is 13.1 Å². The lowest BCUT2D eigenvalue weighted by molar-refractivity contribution is 0.0551. The van der Waals surface area contributed by atoms with E-state index >= 15 is 0 Å². The highest BCUT2D eigenvalue weighted by molar-refractivity contribution is 4.99. The summed E-state index contributed by atoms with van der Waals surface area (Å²) in [6, 6.07) is 2.42. The Morgan fingerprint density at radius 1 is 1.05 bits per heavy atom. The molecule has 0 aromatic heterocycles. The SMILES string of the molecule is CCCNC1CC(C)CC(C)C1N(CCC)C1CC1. The number of hydrogen-bond donors (Lipinski definition) is 1. The van der Waals surface area contributed by atoms with Gasteiger partial charge in [-0.1, -0.05) is 27.7 Å². The normalized spacial score (nSPS) is 35.8. The quantitative estimate of drug-likeness (QED) is 0.756. The van der Waals surface area contributed by atoms with Crippen molar-refractivity contribution in [2.24, 2.45) is 11.8 Å². The average molecular weight is 266 g/mol. The molecule has 0 saturated heterocycles. The molecule has 2 saturated carbocycles. The van der Waals surface area contributed by atoms with E-state index in [1.54, 1.807) is 0 Å². The molecule has 2 fully saturated rings. The second-order valence-electron chi connectivity index (χ2n) is 7.07. The number of nitrogens with one attached hydrogen (secondary N) is 1. The lowest BCUT2D eigenvalue weighted by Gasteiger charge is -2.46. The fourth-order valence-electron chi connectivity index (χ4n) is 4.17. The fourth-order valence-corrected chi connectivity index (χ4v) is 4.17. The van der Waals surface area contributed by atoms with Crippen LogP contribution in [0.15, 0.2) is 0 Å². The zero-order valence-electron chi connectivity index (χ0n) is 13.5. The number of rotatable bonds is 7. The summed E-state index contributed by atoms with van der Waals surface area (Å²) in [6.07, 6.45) is 8.24. The summed E-state index contributed by atoms with van der Waals surface area (Å²) in [4.78, 5) is 2.86. The van der Waals surface area contributed by atoms with Crippen molar-refractivity contribution < 1.29 is 0 Å². The van der Waals surface area contributed by atoms with Gasteiger partial charge in [-0.05, 0) is 63.5 Å². The highest BCUT2D eigenvalue weighted by Gasteiger charge is 2.42. The third-order valence-electron chi connectivity index (χ3n) is 4.96. The molecule has 2 heteroatoms. The molecule has 2 rings (SSSR count). The molecule has 112 valence electrons. The first-order valence-electron chi connectivity index (χ1n) is 8.66. The van der Waals surface area contributed by atoms with Crippen LogP contribution in [0.5, 0.6) is 0 Å². The zero-order chi connectivity index (χ0) is 13.8. The first-order chi connectivity index (χ1) is 9.17. The van der Waals surface area contributed by atoms with Gasteiger partial charge in [0.25, 0.3) is 0 Å². The molecule has 0 radical (unpaired) electrons. The third-order valence-corrected chi connectivity index (χ3v) is 4.96. The van der Waals surface area contributed by atoms with Crippen molar-refractivity contribution in [3.05, 3.63) is 0 Å². The Hall–Kier alpha value is -0.0800. The van der Waals surface area contributed by atoms with E-state index in [9.17, 15) is 0 Å². The van der Waals surface area contributed by atoms with Gasteiger partial charge in [0, 0.05) is 18.1 Å². The van der Waals surface area contributed by atoms with E-state index in [0.717, 1.165) is 30.0 Å². The highest BCUT2D eigenvalue weighted by atomic mass is 15.2. The molecule has 0 heterocycles. The molecule has 4 unspecified atom stereocenters. The maximum atomic E-state index is 3.86. The van der Waals surface area contributed by atoms with Gasteiger partial charge in [0.1, 0.15) is 0 Å². The van der Waals surface area contributed by atoms with Crippen molar-refractivity contribution in [2.45, 2.75) is 84.3 Å². The maximum Gasteiger partial charge on any atom is 0.0278 e. The van der Waals surface area contributed by atoms with Gasteiger partial charge in [0.2, 0.25) is 0 Å². The highest BCUT2D eigenvalue weighted by Crippen LogP contribution is 2.38. The summed E-state index contributed by atoms with van der Waals surface area (Å²) < 4.78 is 0. The minimum atomic E-state index is 0.728.